The van der Waals surface area contributed by atoms with Crippen LogP contribution in [0.5, 0.6) is 0 Å². The first-order valence-corrected chi connectivity index (χ1v) is 6.70. The van der Waals surface area contributed by atoms with Crippen LogP contribution in [0.1, 0.15) is 25.0 Å². The average molecular weight is 248 g/mol. The molecule has 17 heavy (non-hydrogen) atoms. The van der Waals surface area contributed by atoms with Crippen LogP contribution in [0.15, 0.2) is 36.4 Å². The van der Waals surface area contributed by atoms with Gasteiger partial charge in [-0.2, -0.15) is 12.6 Å². The summed E-state index contributed by atoms with van der Waals surface area (Å²) in [6.45, 7) is 4.20. The van der Waals surface area contributed by atoms with Crippen LogP contribution in [0.4, 0.5) is 0 Å². The summed E-state index contributed by atoms with van der Waals surface area (Å²) in [5, 5.41) is 11.4. The van der Waals surface area contributed by atoms with E-state index in [2.05, 4.69) is 36.9 Å². The van der Waals surface area contributed by atoms with Crippen molar-refractivity contribution >= 4 is 23.4 Å². The highest BCUT2D eigenvalue weighted by molar-refractivity contribution is 7.79. The number of fused-ring (bicyclic) bond motifs is 1. The molecule has 0 aliphatic rings. The normalized spacial score (nSPS) is 9.88. The van der Waals surface area contributed by atoms with Crippen molar-refractivity contribution in [3.8, 4) is 0 Å². The molecule has 0 fully saturated rings. The van der Waals surface area contributed by atoms with E-state index >= 15 is 0 Å². The number of thiol groups is 1. The summed E-state index contributed by atoms with van der Waals surface area (Å²) in [5.41, 5.74) is 2.42. The van der Waals surface area contributed by atoms with E-state index in [0.29, 0.717) is 6.42 Å². The molecule has 0 aliphatic heterocycles. The maximum Gasteiger partial charge on any atom is 0.0471 e. The Morgan fingerprint density at radius 3 is 2.47 bits per heavy atom. The number of hydrogen-bond donors (Lipinski definition) is 2. The van der Waals surface area contributed by atoms with E-state index < -0.39 is 0 Å². The second kappa shape index (κ2) is 7.36. The highest BCUT2D eigenvalue weighted by Gasteiger charge is 2.02. The average Bonchev–Trinajstić information content (AvgIpc) is 2.40. The molecule has 0 saturated carbocycles. The topological polar surface area (TPSA) is 20.2 Å². The zero-order valence-corrected chi connectivity index (χ0v) is 11.4. The first kappa shape index (κ1) is 14.1. The molecule has 0 radical (unpaired) electrons. The van der Waals surface area contributed by atoms with Gasteiger partial charge in [-0.3, -0.25) is 0 Å². The van der Waals surface area contributed by atoms with Gasteiger partial charge >= 0.3 is 0 Å². The first-order chi connectivity index (χ1) is 8.35. The summed E-state index contributed by atoms with van der Waals surface area (Å²) in [6.07, 6.45) is 0.714. The molecule has 1 N–H and O–H groups in total. The Hall–Kier alpha value is -0.990. The minimum absolute atomic E-state index is 0.199. The van der Waals surface area contributed by atoms with Crippen molar-refractivity contribution in [3.05, 3.63) is 47.5 Å². The van der Waals surface area contributed by atoms with Gasteiger partial charge in [-0.15, -0.1) is 0 Å². The third-order valence-corrected chi connectivity index (χ3v) is 2.92. The second-order valence-corrected chi connectivity index (χ2v) is 3.92. The predicted octanol–water partition coefficient (Wildman–Crippen LogP) is 3.83. The lowest BCUT2D eigenvalue weighted by Gasteiger charge is -2.07. The van der Waals surface area contributed by atoms with Crippen molar-refractivity contribution in [3.63, 3.8) is 0 Å². The van der Waals surface area contributed by atoms with E-state index in [4.69, 9.17) is 5.11 Å². The minimum atomic E-state index is 0.199. The monoisotopic (exact) mass is 248 g/mol. The van der Waals surface area contributed by atoms with Gasteiger partial charge in [0.1, 0.15) is 0 Å². The van der Waals surface area contributed by atoms with Crippen LogP contribution in [0, 0.1) is 0 Å². The molecule has 0 heterocycles. The van der Waals surface area contributed by atoms with E-state index in [-0.39, 0.29) is 6.61 Å². The molecule has 0 unspecified atom stereocenters. The highest BCUT2D eigenvalue weighted by Crippen LogP contribution is 2.22. The van der Waals surface area contributed by atoms with Gasteiger partial charge in [0.15, 0.2) is 0 Å². The van der Waals surface area contributed by atoms with Crippen LogP contribution in [0.25, 0.3) is 10.8 Å². The quantitative estimate of drug-likeness (QED) is 0.791. The summed E-state index contributed by atoms with van der Waals surface area (Å²) in [5.74, 6) is 0.736. The molecule has 92 valence electrons. The molecule has 0 saturated heterocycles. The third-order valence-electron chi connectivity index (χ3n) is 2.58. The van der Waals surface area contributed by atoms with Gasteiger partial charge < -0.3 is 5.11 Å². The van der Waals surface area contributed by atoms with Gasteiger partial charge in [-0.05, 0) is 28.3 Å². The van der Waals surface area contributed by atoms with E-state index in [9.17, 15) is 0 Å². The molecule has 0 spiro atoms. The van der Waals surface area contributed by atoms with Crippen molar-refractivity contribution in [2.45, 2.75) is 26.0 Å². The molecule has 0 atom stereocenters. The molecule has 2 rings (SSSR count). The van der Waals surface area contributed by atoms with E-state index in [1.54, 1.807) is 0 Å². The fourth-order valence-corrected chi connectivity index (χ4v) is 2.12. The van der Waals surface area contributed by atoms with E-state index in [1.807, 2.05) is 26.0 Å². The van der Waals surface area contributed by atoms with E-state index in [1.165, 1.54) is 21.9 Å². The molecular formula is C15H20OS. The molecule has 2 aromatic carbocycles. The molecule has 0 amide bonds. The largest absolute Gasteiger partial charge is 0.396 e. The molecule has 0 aromatic heterocycles. The Bertz CT molecular complexity index is 465. The van der Waals surface area contributed by atoms with Crippen LogP contribution in [0.2, 0.25) is 0 Å². The Kier molecular flexibility index (Phi) is 6.09. The highest BCUT2D eigenvalue weighted by atomic mass is 32.1. The summed E-state index contributed by atoms with van der Waals surface area (Å²) in [7, 11) is 0. The van der Waals surface area contributed by atoms with Crippen LogP contribution >= 0.6 is 12.6 Å². The number of aliphatic hydroxyl groups excluding tert-OH is 1. The Balaban J connectivity index is 0.000000686. The fraction of sp³-hybridized carbons (Fsp3) is 0.333. The second-order valence-electron chi connectivity index (χ2n) is 3.61. The summed E-state index contributed by atoms with van der Waals surface area (Å²) < 4.78 is 0. The predicted molar refractivity (Wildman–Crippen MR) is 78.8 cm³/mol. The summed E-state index contributed by atoms with van der Waals surface area (Å²) in [4.78, 5) is 0. The summed E-state index contributed by atoms with van der Waals surface area (Å²) in [6, 6.07) is 12.6. The minimum Gasteiger partial charge on any atom is -0.396 e. The number of rotatable bonds is 3. The van der Waals surface area contributed by atoms with Crippen molar-refractivity contribution in [2.75, 3.05) is 6.61 Å². The van der Waals surface area contributed by atoms with Gasteiger partial charge in [0, 0.05) is 12.4 Å². The number of benzene rings is 2. The van der Waals surface area contributed by atoms with Gasteiger partial charge in [0.2, 0.25) is 0 Å². The lowest BCUT2D eigenvalue weighted by molar-refractivity contribution is 0.299. The lowest BCUT2D eigenvalue weighted by atomic mass is 10.0. The van der Waals surface area contributed by atoms with Crippen LogP contribution in [-0.2, 0) is 12.2 Å². The Morgan fingerprint density at radius 1 is 1.12 bits per heavy atom. The van der Waals surface area contributed by atoms with E-state index in [0.717, 1.165) is 5.75 Å². The summed E-state index contributed by atoms with van der Waals surface area (Å²) >= 11 is 4.34. The molecule has 2 heteroatoms. The van der Waals surface area contributed by atoms with Crippen LogP contribution in [0.3, 0.4) is 0 Å². The maximum absolute atomic E-state index is 8.94. The van der Waals surface area contributed by atoms with Crippen molar-refractivity contribution in [1.82, 2.24) is 0 Å². The molecule has 1 nitrogen and oxygen atoms in total. The third kappa shape index (κ3) is 3.48. The smallest absolute Gasteiger partial charge is 0.0471 e. The molecule has 0 bridgehead atoms. The Morgan fingerprint density at radius 2 is 1.82 bits per heavy atom. The van der Waals surface area contributed by atoms with Crippen molar-refractivity contribution in [1.29, 1.82) is 0 Å². The van der Waals surface area contributed by atoms with Gasteiger partial charge in [-0.1, -0.05) is 50.2 Å². The van der Waals surface area contributed by atoms with Crippen LogP contribution in [-0.4, -0.2) is 11.7 Å². The SMILES string of the molecule is CC.OCCc1cc(CS)c2ccccc2c1. The molecule has 2 aromatic rings. The lowest BCUT2D eigenvalue weighted by Crippen LogP contribution is -1.93. The maximum atomic E-state index is 8.94. The van der Waals surface area contributed by atoms with Gasteiger partial charge in [0.05, 0.1) is 0 Å². The van der Waals surface area contributed by atoms with Gasteiger partial charge in [0.25, 0.3) is 0 Å². The number of aliphatic hydroxyl groups is 1. The van der Waals surface area contributed by atoms with Gasteiger partial charge in [-0.25, -0.2) is 0 Å². The molecular weight excluding hydrogens is 228 g/mol. The number of hydrogen-bond acceptors (Lipinski definition) is 2. The fourth-order valence-electron chi connectivity index (χ4n) is 1.86. The first-order valence-electron chi connectivity index (χ1n) is 6.07. The zero-order chi connectivity index (χ0) is 12.7. The van der Waals surface area contributed by atoms with Crippen LogP contribution < -0.4 is 0 Å². The Labute approximate surface area is 109 Å². The molecule has 0 aliphatic carbocycles. The van der Waals surface area contributed by atoms with Crippen molar-refractivity contribution in [2.24, 2.45) is 0 Å². The standard InChI is InChI=1S/C13H14OS.C2H6/c14-6-5-10-7-11-3-1-2-4-13(11)12(8-10)9-15;1-2/h1-4,7-8,14-15H,5-6,9H2;1-2H3. The van der Waals surface area contributed by atoms with Crippen molar-refractivity contribution < 1.29 is 5.11 Å². The zero-order valence-electron chi connectivity index (χ0n) is 10.5.